The fourth-order valence-corrected chi connectivity index (χ4v) is 1.37. The molecule has 12 heavy (non-hydrogen) atoms. The van der Waals surface area contributed by atoms with Crippen LogP contribution in [0.5, 0.6) is 0 Å². The van der Waals surface area contributed by atoms with Crippen molar-refractivity contribution in [1.82, 2.24) is 5.32 Å². The first-order chi connectivity index (χ1) is 5.83. The molecule has 0 amide bonds. The zero-order valence-corrected chi connectivity index (χ0v) is 8.19. The fraction of sp³-hybridized carbons (Fsp3) is 0.667. The molecule has 0 aromatic carbocycles. The van der Waals surface area contributed by atoms with Crippen LogP contribution >= 0.6 is 12.2 Å². The number of ether oxygens (including phenoxy) is 1. The van der Waals surface area contributed by atoms with E-state index in [0.717, 1.165) is 6.42 Å². The molecule has 0 saturated carbocycles. The van der Waals surface area contributed by atoms with Gasteiger partial charge in [0, 0.05) is 7.05 Å². The summed E-state index contributed by atoms with van der Waals surface area (Å²) in [5.41, 5.74) is 0. The molecule has 0 radical (unpaired) electrons. The molecule has 1 aliphatic rings. The zero-order valence-electron chi connectivity index (χ0n) is 7.38. The molecule has 0 saturated heterocycles. The molecule has 0 aromatic rings. The Morgan fingerprint density at radius 3 is 3.17 bits per heavy atom. The lowest BCUT2D eigenvalue weighted by Gasteiger charge is -2.13. The van der Waals surface area contributed by atoms with Crippen molar-refractivity contribution >= 4 is 17.4 Å². The topological polar surface area (TPSA) is 21.3 Å². The van der Waals surface area contributed by atoms with Crippen LogP contribution in [0.2, 0.25) is 0 Å². The third kappa shape index (κ3) is 3.22. The smallest absolute Gasteiger partial charge is 0.256 e. The first-order valence-electron chi connectivity index (χ1n) is 4.38. The monoisotopic (exact) mass is 185 g/mol. The summed E-state index contributed by atoms with van der Waals surface area (Å²) >= 11 is 4.91. The van der Waals surface area contributed by atoms with Gasteiger partial charge >= 0.3 is 0 Å². The summed E-state index contributed by atoms with van der Waals surface area (Å²) in [7, 11) is 1.78. The van der Waals surface area contributed by atoms with E-state index >= 15 is 0 Å². The van der Waals surface area contributed by atoms with E-state index in [4.69, 9.17) is 17.0 Å². The lowest BCUT2D eigenvalue weighted by atomic mass is 10.2. The van der Waals surface area contributed by atoms with Crippen molar-refractivity contribution in [1.29, 1.82) is 0 Å². The van der Waals surface area contributed by atoms with E-state index in [2.05, 4.69) is 17.5 Å². The van der Waals surface area contributed by atoms with Gasteiger partial charge in [0.2, 0.25) is 0 Å². The van der Waals surface area contributed by atoms with Crippen molar-refractivity contribution in [2.75, 3.05) is 7.05 Å². The number of rotatable bonds is 1. The highest BCUT2D eigenvalue weighted by Crippen LogP contribution is 2.13. The highest BCUT2D eigenvalue weighted by atomic mass is 32.1. The Labute approximate surface area is 79.0 Å². The second-order valence-electron chi connectivity index (χ2n) is 2.91. The summed E-state index contributed by atoms with van der Waals surface area (Å²) in [4.78, 5) is 0. The molecule has 2 nitrogen and oxygen atoms in total. The Hall–Kier alpha value is -0.570. The van der Waals surface area contributed by atoms with E-state index in [-0.39, 0.29) is 6.10 Å². The quantitative estimate of drug-likeness (QED) is 0.499. The van der Waals surface area contributed by atoms with Gasteiger partial charge in [-0.2, -0.15) is 0 Å². The van der Waals surface area contributed by atoms with E-state index in [9.17, 15) is 0 Å². The minimum atomic E-state index is 0.187. The lowest BCUT2D eigenvalue weighted by molar-refractivity contribution is 0.221. The van der Waals surface area contributed by atoms with Gasteiger partial charge in [0.1, 0.15) is 6.10 Å². The second-order valence-corrected chi connectivity index (χ2v) is 3.28. The first kappa shape index (κ1) is 9.52. The van der Waals surface area contributed by atoms with E-state index in [1.165, 1.54) is 19.3 Å². The van der Waals surface area contributed by atoms with Crippen LogP contribution in [-0.2, 0) is 4.74 Å². The molecule has 0 spiro atoms. The molecule has 1 unspecified atom stereocenters. The molecule has 1 rings (SSSR count). The fourth-order valence-electron chi connectivity index (χ4n) is 1.25. The Morgan fingerprint density at radius 1 is 1.58 bits per heavy atom. The van der Waals surface area contributed by atoms with Crippen LogP contribution in [-0.4, -0.2) is 18.3 Å². The first-order valence-corrected chi connectivity index (χ1v) is 4.79. The van der Waals surface area contributed by atoms with Gasteiger partial charge < -0.3 is 10.1 Å². The standard InChI is InChI=1S/C9H15NOS/c1-10-9(12)11-8-6-4-2-3-5-7-8/h4,6,8H,2-3,5,7H2,1H3,(H,10,12). The Morgan fingerprint density at radius 2 is 2.42 bits per heavy atom. The SMILES string of the molecule is CNC(=S)OC1C=CCCCC1. The molecule has 0 aromatic heterocycles. The van der Waals surface area contributed by atoms with Crippen LogP contribution in [0.25, 0.3) is 0 Å². The number of nitrogens with one attached hydrogen (secondary N) is 1. The molecular weight excluding hydrogens is 170 g/mol. The minimum absolute atomic E-state index is 0.187. The van der Waals surface area contributed by atoms with Crippen LogP contribution in [0.15, 0.2) is 12.2 Å². The Balaban J connectivity index is 2.34. The average molecular weight is 185 g/mol. The van der Waals surface area contributed by atoms with Crippen molar-refractivity contribution < 1.29 is 4.74 Å². The van der Waals surface area contributed by atoms with Crippen LogP contribution in [0, 0.1) is 0 Å². The largest absolute Gasteiger partial charge is 0.464 e. The molecule has 1 N–H and O–H groups in total. The molecule has 1 atom stereocenters. The van der Waals surface area contributed by atoms with Gasteiger partial charge in [-0.25, -0.2) is 0 Å². The van der Waals surface area contributed by atoms with Crippen molar-refractivity contribution in [2.45, 2.75) is 31.8 Å². The van der Waals surface area contributed by atoms with Crippen LogP contribution in [0.4, 0.5) is 0 Å². The predicted octanol–water partition coefficient (Wildman–Crippen LogP) is 2.01. The molecule has 3 heteroatoms. The van der Waals surface area contributed by atoms with Gasteiger partial charge in [-0.1, -0.05) is 6.08 Å². The van der Waals surface area contributed by atoms with Gasteiger partial charge in [0.05, 0.1) is 0 Å². The van der Waals surface area contributed by atoms with E-state index in [1.807, 2.05) is 0 Å². The summed E-state index contributed by atoms with van der Waals surface area (Å²) in [6.07, 6.45) is 9.22. The third-order valence-corrected chi connectivity index (χ3v) is 2.22. The van der Waals surface area contributed by atoms with E-state index < -0.39 is 0 Å². The lowest BCUT2D eigenvalue weighted by Crippen LogP contribution is -2.24. The minimum Gasteiger partial charge on any atom is -0.464 e. The normalized spacial score (nSPS) is 22.9. The maximum Gasteiger partial charge on any atom is 0.256 e. The summed E-state index contributed by atoms with van der Waals surface area (Å²) in [6, 6.07) is 0. The Kier molecular flexibility index (Phi) is 4.08. The summed E-state index contributed by atoms with van der Waals surface area (Å²) < 4.78 is 5.45. The van der Waals surface area contributed by atoms with E-state index in [1.54, 1.807) is 7.05 Å². The summed E-state index contributed by atoms with van der Waals surface area (Å²) in [6.45, 7) is 0. The third-order valence-electron chi connectivity index (χ3n) is 1.92. The second kappa shape index (κ2) is 5.14. The Bertz CT molecular complexity index is 179. The van der Waals surface area contributed by atoms with Crippen molar-refractivity contribution in [3.8, 4) is 0 Å². The van der Waals surface area contributed by atoms with Crippen molar-refractivity contribution in [2.24, 2.45) is 0 Å². The summed E-state index contributed by atoms with van der Waals surface area (Å²) in [5.74, 6) is 0. The highest BCUT2D eigenvalue weighted by molar-refractivity contribution is 7.80. The number of thiocarbonyl (C=S) groups is 1. The maximum absolute atomic E-state index is 5.45. The number of allylic oxidation sites excluding steroid dienone is 1. The number of hydrogen-bond acceptors (Lipinski definition) is 2. The predicted molar refractivity (Wildman–Crippen MR) is 54.1 cm³/mol. The molecule has 68 valence electrons. The molecule has 0 bridgehead atoms. The van der Waals surface area contributed by atoms with Crippen LogP contribution in [0.1, 0.15) is 25.7 Å². The van der Waals surface area contributed by atoms with Gasteiger partial charge in [-0.15, -0.1) is 0 Å². The van der Waals surface area contributed by atoms with Gasteiger partial charge in [-0.3, -0.25) is 0 Å². The van der Waals surface area contributed by atoms with Crippen molar-refractivity contribution in [3.63, 3.8) is 0 Å². The molecule has 1 aliphatic carbocycles. The molecule has 0 aliphatic heterocycles. The zero-order chi connectivity index (χ0) is 8.81. The number of hydrogen-bond donors (Lipinski definition) is 1. The van der Waals surface area contributed by atoms with E-state index in [0.29, 0.717) is 5.17 Å². The summed E-state index contributed by atoms with van der Waals surface area (Å²) in [5, 5.41) is 3.30. The van der Waals surface area contributed by atoms with Gasteiger partial charge in [-0.05, 0) is 44.0 Å². The molecule has 0 fully saturated rings. The van der Waals surface area contributed by atoms with Crippen LogP contribution in [0.3, 0.4) is 0 Å². The maximum atomic E-state index is 5.45. The average Bonchev–Trinajstić information content (AvgIpc) is 2.33. The highest BCUT2D eigenvalue weighted by Gasteiger charge is 2.09. The van der Waals surface area contributed by atoms with Gasteiger partial charge in [0.25, 0.3) is 5.17 Å². The van der Waals surface area contributed by atoms with Gasteiger partial charge in [0.15, 0.2) is 0 Å². The molecule has 0 heterocycles. The van der Waals surface area contributed by atoms with Crippen molar-refractivity contribution in [3.05, 3.63) is 12.2 Å². The molecular formula is C9H15NOS. The van der Waals surface area contributed by atoms with Crippen LogP contribution < -0.4 is 5.32 Å².